The molecule has 5 heteroatoms. The molecule has 0 radical (unpaired) electrons. The maximum absolute atomic E-state index is 13.2. The Morgan fingerprint density at radius 3 is 2.94 bits per heavy atom. The molecular weight excluding hydrogens is 239 g/mol. The van der Waals surface area contributed by atoms with Gasteiger partial charge in [0, 0.05) is 6.54 Å². The van der Waals surface area contributed by atoms with Gasteiger partial charge in [-0.2, -0.15) is 11.3 Å². The molecule has 0 saturated carbocycles. The molecule has 0 aliphatic carbocycles. The number of nitrogen functional groups attached to an aromatic ring is 1. The Hall–Kier alpha value is -1.59. The van der Waals surface area contributed by atoms with Crippen LogP contribution in [-0.2, 0) is 0 Å². The number of para-hydroxylation sites is 1. The van der Waals surface area contributed by atoms with Crippen molar-refractivity contribution in [2.75, 3.05) is 17.6 Å². The molecule has 0 amide bonds. The third-order valence-electron chi connectivity index (χ3n) is 2.47. The van der Waals surface area contributed by atoms with Crippen molar-refractivity contribution < 1.29 is 9.50 Å². The summed E-state index contributed by atoms with van der Waals surface area (Å²) in [6, 6.07) is 6.41. The third-order valence-corrected chi connectivity index (χ3v) is 3.17. The molecule has 90 valence electrons. The van der Waals surface area contributed by atoms with Crippen molar-refractivity contribution in [3.05, 3.63) is 46.4 Å². The minimum Gasteiger partial charge on any atom is -0.395 e. The Morgan fingerprint density at radius 2 is 2.24 bits per heavy atom. The average Bonchev–Trinajstić information content (AvgIpc) is 2.84. The Bertz CT molecular complexity index is 487. The number of nitrogens with one attached hydrogen (secondary N) is 1. The number of benzene rings is 1. The first-order valence-corrected chi connectivity index (χ1v) is 6.11. The molecule has 0 fully saturated rings. The lowest BCUT2D eigenvalue weighted by Crippen LogP contribution is -2.12. The number of aliphatic hydroxyl groups is 1. The van der Waals surface area contributed by atoms with Crippen LogP contribution in [0.15, 0.2) is 35.0 Å². The molecule has 0 aliphatic rings. The van der Waals surface area contributed by atoms with E-state index in [1.54, 1.807) is 12.1 Å². The first-order chi connectivity index (χ1) is 8.18. The highest BCUT2D eigenvalue weighted by Crippen LogP contribution is 2.23. The molecule has 1 aromatic carbocycles. The second kappa shape index (κ2) is 5.16. The van der Waals surface area contributed by atoms with E-state index in [1.165, 1.54) is 17.4 Å². The van der Waals surface area contributed by atoms with Crippen LogP contribution in [0, 0.1) is 5.82 Å². The topological polar surface area (TPSA) is 58.3 Å². The zero-order valence-corrected chi connectivity index (χ0v) is 9.88. The monoisotopic (exact) mass is 252 g/mol. The molecule has 1 unspecified atom stereocenters. The first kappa shape index (κ1) is 11.9. The fraction of sp³-hybridized carbons (Fsp3) is 0.167. The van der Waals surface area contributed by atoms with E-state index in [-0.39, 0.29) is 5.69 Å². The molecule has 1 heterocycles. The van der Waals surface area contributed by atoms with Crippen LogP contribution in [-0.4, -0.2) is 11.7 Å². The summed E-state index contributed by atoms with van der Waals surface area (Å²) in [5.41, 5.74) is 6.99. The van der Waals surface area contributed by atoms with Crippen molar-refractivity contribution in [3.8, 4) is 0 Å². The van der Waals surface area contributed by atoms with E-state index in [0.717, 1.165) is 5.56 Å². The van der Waals surface area contributed by atoms with Crippen LogP contribution in [0.3, 0.4) is 0 Å². The lowest BCUT2D eigenvalue weighted by Gasteiger charge is -2.13. The van der Waals surface area contributed by atoms with E-state index < -0.39 is 11.9 Å². The van der Waals surface area contributed by atoms with Crippen LogP contribution in [0.25, 0.3) is 0 Å². The number of thiophene rings is 1. The summed E-state index contributed by atoms with van der Waals surface area (Å²) in [6.07, 6.45) is -0.621. The van der Waals surface area contributed by atoms with Crippen molar-refractivity contribution in [2.24, 2.45) is 0 Å². The predicted octanol–water partition coefficient (Wildman–Crippen LogP) is 2.61. The normalized spacial score (nSPS) is 12.4. The summed E-state index contributed by atoms with van der Waals surface area (Å²) in [5, 5.41) is 16.5. The molecule has 3 nitrogen and oxygen atoms in total. The number of nitrogens with two attached hydrogens (primary N) is 1. The highest BCUT2D eigenvalue weighted by Gasteiger charge is 2.09. The SMILES string of the molecule is Nc1c(F)cccc1NCC(O)c1ccsc1. The summed E-state index contributed by atoms with van der Waals surface area (Å²) in [7, 11) is 0. The standard InChI is InChI=1S/C12H13FN2OS/c13-9-2-1-3-10(12(9)14)15-6-11(16)8-4-5-17-7-8/h1-5,7,11,15-16H,6,14H2. The van der Waals surface area contributed by atoms with E-state index in [0.29, 0.717) is 12.2 Å². The molecule has 0 aliphatic heterocycles. The molecule has 2 rings (SSSR count). The molecule has 0 spiro atoms. The quantitative estimate of drug-likeness (QED) is 0.733. The minimum atomic E-state index is -0.621. The zero-order chi connectivity index (χ0) is 12.3. The van der Waals surface area contributed by atoms with Gasteiger partial charge in [-0.3, -0.25) is 0 Å². The summed E-state index contributed by atoms with van der Waals surface area (Å²) in [5.74, 6) is -0.458. The highest BCUT2D eigenvalue weighted by molar-refractivity contribution is 7.07. The molecular formula is C12H13FN2OS. The highest BCUT2D eigenvalue weighted by atomic mass is 32.1. The van der Waals surface area contributed by atoms with Crippen molar-refractivity contribution in [1.29, 1.82) is 0 Å². The maximum atomic E-state index is 13.2. The fourth-order valence-corrected chi connectivity index (χ4v) is 2.19. The molecule has 0 saturated heterocycles. The molecule has 1 aromatic heterocycles. The summed E-state index contributed by atoms with van der Waals surface area (Å²) >= 11 is 1.52. The number of halogens is 1. The van der Waals surface area contributed by atoms with E-state index >= 15 is 0 Å². The van der Waals surface area contributed by atoms with Crippen LogP contribution in [0.1, 0.15) is 11.7 Å². The van der Waals surface area contributed by atoms with Crippen LogP contribution in [0.2, 0.25) is 0 Å². The largest absolute Gasteiger partial charge is 0.395 e. The van der Waals surface area contributed by atoms with Crippen molar-refractivity contribution in [3.63, 3.8) is 0 Å². The number of hydrogen-bond acceptors (Lipinski definition) is 4. The zero-order valence-electron chi connectivity index (χ0n) is 9.06. The van der Waals surface area contributed by atoms with Gasteiger partial charge >= 0.3 is 0 Å². The lowest BCUT2D eigenvalue weighted by atomic mass is 10.2. The Labute approximate surface area is 103 Å². The Morgan fingerprint density at radius 1 is 1.41 bits per heavy atom. The summed E-state index contributed by atoms with van der Waals surface area (Å²) in [6.45, 7) is 0.296. The minimum absolute atomic E-state index is 0.0741. The third kappa shape index (κ3) is 2.75. The number of aliphatic hydroxyl groups excluding tert-OH is 1. The van der Waals surface area contributed by atoms with Crippen LogP contribution in [0.4, 0.5) is 15.8 Å². The average molecular weight is 252 g/mol. The Balaban J connectivity index is 2.00. The van der Waals surface area contributed by atoms with E-state index in [1.807, 2.05) is 16.8 Å². The Kier molecular flexibility index (Phi) is 3.61. The van der Waals surface area contributed by atoms with Crippen molar-refractivity contribution >= 4 is 22.7 Å². The van der Waals surface area contributed by atoms with Gasteiger partial charge in [0.05, 0.1) is 17.5 Å². The molecule has 17 heavy (non-hydrogen) atoms. The summed E-state index contributed by atoms with van der Waals surface area (Å²) in [4.78, 5) is 0. The number of anilines is 2. The fourth-order valence-electron chi connectivity index (χ4n) is 1.48. The van der Waals surface area contributed by atoms with Gasteiger partial charge in [0.15, 0.2) is 0 Å². The van der Waals surface area contributed by atoms with Gasteiger partial charge in [0.1, 0.15) is 5.82 Å². The maximum Gasteiger partial charge on any atom is 0.148 e. The van der Waals surface area contributed by atoms with E-state index in [4.69, 9.17) is 5.73 Å². The van der Waals surface area contributed by atoms with Gasteiger partial charge in [-0.05, 0) is 34.5 Å². The van der Waals surface area contributed by atoms with Gasteiger partial charge < -0.3 is 16.2 Å². The summed E-state index contributed by atoms with van der Waals surface area (Å²) < 4.78 is 13.2. The van der Waals surface area contributed by atoms with Crippen molar-refractivity contribution in [1.82, 2.24) is 0 Å². The molecule has 1 atom stereocenters. The smallest absolute Gasteiger partial charge is 0.148 e. The second-order valence-corrected chi connectivity index (χ2v) is 4.43. The first-order valence-electron chi connectivity index (χ1n) is 5.16. The molecule has 2 aromatic rings. The van der Waals surface area contributed by atoms with Crippen LogP contribution >= 0.6 is 11.3 Å². The predicted molar refractivity (Wildman–Crippen MR) is 68.6 cm³/mol. The molecule has 0 bridgehead atoms. The number of hydrogen-bond donors (Lipinski definition) is 3. The van der Waals surface area contributed by atoms with E-state index in [9.17, 15) is 9.50 Å². The van der Waals surface area contributed by atoms with Crippen molar-refractivity contribution in [2.45, 2.75) is 6.10 Å². The molecule has 4 N–H and O–H groups in total. The van der Waals surface area contributed by atoms with Crippen LogP contribution in [0.5, 0.6) is 0 Å². The number of rotatable bonds is 4. The lowest BCUT2D eigenvalue weighted by molar-refractivity contribution is 0.192. The van der Waals surface area contributed by atoms with Gasteiger partial charge in [-0.1, -0.05) is 6.07 Å². The van der Waals surface area contributed by atoms with Gasteiger partial charge in [0.25, 0.3) is 0 Å². The van der Waals surface area contributed by atoms with Gasteiger partial charge in [0.2, 0.25) is 0 Å². The van der Waals surface area contributed by atoms with E-state index in [2.05, 4.69) is 5.32 Å². The van der Waals surface area contributed by atoms with Crippen LogP contribution < -0.4 is 11.1 Å². The van der Waals surface area contributed by atoms with Gasteiger partial charge in [-0.15, -0.1) is 0 Å². The van der Waals surface area contributed by atoms with Gasteiger partial charge in [-0.25, -0.2) is 4.39 Å². The second-order valence-electron chi connectivity index (χ2n) is 3.65.